The zero-order valence-corrected chi connectivity index (χ0v) is 10.4. The molecule has 0 spiro atoms. The lowest BCUT2D eigenvalue weighted by Gasteiger charge is -2.12. The van der Waals surface area contributed by atoms with Crippen LogP contribution in [0.4, 0.5) is 24.7 Å². The Morgan fingerprint density at radius 1 is 1.28 bits per heavy atom. The van der Waals surface area contributed by atoms with Crippen molar-refractivity contribution in [2.24, 2.45) is 0 Å². The van der Waals surface area contributed by atoms with Crippen molar-refractivity contribution in [1.29, 1.82) is 0 Å². The number of aliphatic hydroxyl groups excluding tert-OH is 1. The summed E-state index contributed by atoms with van der Waals surface area (Å²) in [6.07, 6.45) is -4.29. The summed E-state index contributed by atoms with van der Waals surface area (Å²) in [6, 6.07) is 3.12. The van der Waals surface area contributed by atoms with Crippen LogP contribution in [0.25, 0.3) is 0 Å². The lowest BCUT2D eigenvalue weighted by molar-refractivity contribution is -0.115. The van der Waals surface area contributed by atoms with E-state index >= 15 is 0 Å². The number of anilines is 2. The minimum atomic E-state index is -4.29. The smallest absolute Gasteiger partial charge is 0.395 e. The number of halogens is 3. The second kappa shape index (κ2) is 6.69. The lowest BCUT2D eigenvalue weighted by Crippen LogP contribution is -2.22. The molecule has 0 aliphatic carbocycles. The van der Waals surface area contributed by atoms with E-state index in [1.54, 1.807) is 6.07 Å². The Morgan fingerprint density at radius 2 is 2.00 bits per heavy atom. The maximum absolute atomic E-state index is 12.1. The fourth-order valence-corrected chi connectivity index (χ4v) is 1.41. The van der Waals surface area contributed by atoms with E-state index in [9.17, 15) is 13.2 Å². The van der Waals surface area contributed by atoms with Crippen molar-refractivity contribution in [2.75, 3.05) is 30.3 Å². The monoisotopic (exact) mass is 281 g/mol. The van der Waals surface area contributed by atoms with Gasteiger partial charge in [0, 0.05) is 24.1 Å². The van der Waals surface area contributed by atoms with Gasteiger partial charge >= 0.3 is 6.18 Å². The van der Waals surface area contributed by atoms with Gasteiger partial charge in [0.25, 0.3) is 0 Å². The van der Waals surface area contributed by atoms with Crippen molar-refractivity contribution in [1.82, 2.24) is 4.98 Å². The van der Waals surface area contributed by atoms with E-state index < -0.39 is 12.7 Å². The average Bonchev–Trinajstić information content (AvgIpc) is 2.32. The van der Waals surface area contributed by atoms with Crippen LogP contribution in [0.1, 0.15) is 5.69 Å². The van der Waals surface area contributed by atoms with Gasteiger partial charge in [-0.05, 0) is 6.07 Å². The van der Waals surface area contributed by atoms with Crippen molar-refractivity contribution in [3.63, 3.8) is 0 Å². The molecule has 0 atom stereocenters. The molecule has 0 aliphatic heterocycles. The SMILES string of the molecule is OCCNc1cc(CS)nc(NCC(F)(F)F)c1. The van der Waals surface area contributed by atoms with Gasteiger partial charge in [-0.1, -0.05) is 0 Å². The summed E-state index contributed by atoms with van der Waals surface area (Å²) in [5.41, 5.74) is 1.14. The first kappa shape index (κ1) is 14.9. The van der Waals surface area contributed by atoms with E-state index in [1.807, 2.05) is 0 Å². The predicted octanol–water partition coefficient (Wildman–Crippen LogP) is 1.89. The molecule has 0 aliphatic rings. The lowest BCUT2D eigenvalue weighted by atomic mass is 10.3. The molecular formula is C10H14F3N3OS. The van der Waals surface area contributed by atoms with Crippen LogP contribution < -0.4 is 10.6 Å². The zero-order chi connectivity index (χ0) is 13.6. The normalized spacial score (nSPS) is 11.4. The first-order valence-corrected chi connectivity index (χ1v) is 5.85. The largest absolute Gasteiger partial charge is 0.405 e. The molecule has 0 amide bonds. The van der Waals surface area contributed by atoms with Gasteiger partial charge in [0.1, 0.15) is 12.4 Å². The van der Waals surface area contributed by atoms with Gasteiger partial charge < -0.3 is 15.7 Å². The molecule has 0 aromatic carbocycles. The Kier molecular flexibility index (Phi) is 5.54. The van der Waals surface area contributed by atoms with E-state index in [4.69, 9.17) is 5.11 Å². The zero-order valence-electron chi connectivity index (χ0n) is 9.46. The van der Waals surface area contributed by atoms with Gasteiger partial charge in [-0.2, -0.15) is 25.8 Å². The molecule has 0 radical (unpaired) electrons. The van der Waals surface area contributed by atoms with E-state index in [-0.39, 0.29) is 12.4 Å². The van der Waals surface area contributed by atoms with Crippen LogP contribution in [-0.2, 0) is 5.75 Å². The molecule has 102 valence electrons. The highest BCUT2D eigenvalue weighted by Crippen LogP contribution is 2.19. The minimum Gasteiger partial charge on any atom is -0.395 e. The van der Waals surface area contributed by atoms with Gasteiger partial charge in [-0.15, -0.1) is 0 Å². The van der Waals surface area contributed by atoms with Crippen LogP contribution in [0.2, 0.25) is 0 Å². The number of aliphatic hydroxyl groups is 1. The Labute approximate surface area is 108 Å². The topological polar surface area (TPSA) is 57.2 Å². The first-order valence-electron chi connectivity index (χ1n) is 5.22. The average molecular weight is 281 g/mol. The molecule has 0 fully saturated rings. The molecule has 18 heavy (non-hydrogen) atoms. The fraction of sp³-hybridized carbons (Fsp3) is 0.500. The molecule has 0 saturated carbocycles. The third-order valence-electron chi connectivity index (χ3n) is 1.95. The molecule has 8 heteroatoms. The maximum Gasteiger partial charge on any atom is 0.405 e. The summed E-state index contributed by atoms with van der Waals surface area (Å²) in [4.78, 5) is 3.97. The van der Waals surface area contributed by atoms with Crippen LogP contribution >= 0.6 is 12.6 Å². The summed E-state index contributed by atoms with van der Waals surface area (Å²) in [7, 11) is 0. The Bertz CT molecular complexity index is 387. The third-order valence-corrected chi connectivity index (χ3v) is 2.28. The summed E-state index contributed by atoms with van der Waals surface area (Å²) in [5.74, 6) is 0.439. The van der Waals surface area contributed by atoms with Gasteiger partial charge in [0.2, 0.25) is 0 Å². The van der Waals surface area contributed by atoms with Gasteiger partial charge in [0.15, 0.2) is 0 Å². The summed E-state index contributed by atoms with van der Waals surface area (Å²) < 4.78 is 36.2. The number of hydrogen-bond acceptors (Lipinski definition) is 5. The predicted molar refractivity (Wildman–Crippen MR) is 67.0 cm³/mol. The van der Waals surface area contributed by atoms with Crippen molar-refractivity contribution in [2.45, 2.75) is 11.9 Å². The molecule has 4 nitrogen and oxygen atoms in total. The van der Waals surface area contributed by atoms with Crippen LogP contribution in [0.3, 0.4) is 0 Å². The second-order valence-electron chi connectivity index (χ2n) is 3.51. The second-order valence-corrected chi connectivity index (χ2v) is 3.83. The van der Waals surface area contributed by atoms with Crippen molar-refractivity contribution < 1.29 is 18.3 Å². The Balaban J connectivity index is 2.76. The number of rotatable bonds is 6. The molecular weight excluding hydrogens is 267 g/mol. The standard InChI is InChI=1S/C10H14F3N3OS/c11-10(12,13)6-15-9-4-7(14-1-2-17)3-8(5-18)16-9/h3-4,17-18H,1-2,5-6H2,(H2,14,15,16). The van der Waals surface area contributed by atoms with Crippen molar-refractivity contribution >= 4 is 24.1 Å². The number of pyridine rings is 1. The molecule has 0 unspecified atom stereocenters. The number of nitrogens with zero attached hydrogens (tertiary/aromatic N) is 1. The van der Waals surface area contributed by atoms with E-state index in [0.717, 1.165) is 0 Å². The molecule has 0 bridgehead atoms. The van der Waals surface area contributed by atoms with Gasteiger partial charge in [-0.3, -0.25) is 0 Å². The number of aromatic nitrogens is 1. The quantitative estimate of drug-likeness (QED) is 0.602. The fourth-order valence-electron chi connectivity index (χ4n) is 1.25. The van der Waals surface area contributed by atoms with Gasteiger partial charge in [0.05, 0.1) is 12.3 Å². The Hall–Kier alpha value is -1.15. The maximum atomic E-state index is 12.1. The summed E-state index contributed by atoms with van der Waals surface area (Å²) in [5, 5.41) is 13.7. The minimum absolute atomic E-state index is 0.0656. The summed E-state index contributed by atoms with van der Waals surface area (Å²) in [6.45, 7) is -0.895. The van der Waals surface area contributed by atoms with Gasteiger partial charge in [-0.25, -0.2) is 4.98 Å². The molecule has 1 aromatic rings. The highest BCUT2D eigenvalue weighted by atomic mass is 32.1. The van der Waals surface area contributed by atoms with Crippen LogP contribution in [0.15, 0.2) is 12.1 Å². The van der Waals surface area contributed by atoms with E-state index in [0.29, 0.717) is 23.7 Å². The molecule has 3 N–H and O–H groups in total. The number of nitrogens with one attached hydrogen (secondary N) is 2. The number of hydrogen-bond donors (Lipinski definition) is 4. The van der Waals surface area contributed by atoms with Crippen LogP contribution in [0, 0.1) is 0 Å². The van der Waals surface area contributed by atoms with E-state index in [2.05, 4.69) is 28.2 Å². The highest BCUT2D eigenvalue weighted by molar-refractivity contribution is 7.79. The molecule has 0 saturated heterocycles. The van der Waals surface area contributed by atoms with Crippen LogP contribution in [0.5, 0.6) is 0 Å². The first-order chi connectivity index (χ1) is 8.44. The Morgan fingerprint density at radius 3 is 2.56 bits per heavy atom. The molecule has 1 rings (SSSR count). The molecule has 1 aromatic heterocycles. The van der Waals surface area contributed by atoms with Crippen molar-refractivity contribution in [3.05, 3.63) is 17.8 Å². The highest BCUT2D eigenvalue weighted by Gasteiger charge is 2.26. The van der Waals surface area contributed by atoms with Crippen LogP contribution in [-0.4, -0.2) is 36.0 Å². The summed E-state index contributed by atoms with van der Waals surface area (Å²) >= 11 is 4.03. The third kappa shape index (κ3) is 5.46. The number of alkyl halides is 3. The van der Waals surface area contributed by atoms with Crippen molar-refractivity contribution in [3.8, 4) is 0 Å². The van der Waals surface area contributed by atoms with E-state index in [1.165, 1.54) is 6.07 Å². The number of thiol groups is 1. The molecule has 1 heterocycles.